The van der Waals surface area contributed by atoms with Gasteiger partial charge in [0.15, 0.2) is 0 Å². The van der Waals surface area contributed by atoms with Crippen molar-refractivity contribution >= 4 is 23.0 Å². The van der Waals surface area contributed by atoms with Gasteiger partial charge < -0.3 is 10.1 Å². The highest BCUT2D eigenvalue weighted by atomic mass is 35.5. The number of nitrogens with one attached hydrogen (secondary N) is 1. The average Bonchev–Trinajstić information content (AvgIpc) is 2.26. The minimum Gasteiger partial charge on any atom is -0.375 e. The van der Waals surface area contributed by atoms with Gasteiger partial charge in [-0.05, 0) is 26.8 Å². The molecule has 0 atom stereocenters. The Morgan fingerprint density at radius 2 is 2.17 bits per heavy atom. The number of halogens is 1. The van der Waals surface area contributed by atoms with Crippen molar-refractivity contribution in [1.29, 1.82) is 0 Å². The van der Waals surface area contributed by atoms with E-state index >= 15 is 0 Å². The first-order chi connectivity index (χ1) is 8.37. The molecule has 1 rings (SSSR count). The van der Waals surface area contributed by atoms with Crippen LogP contribution >= 0.6 is 11.6 Å². The van der Waals surface area contributed by atoms with E-state index in [0.29, 0.717) is 23.9 Å². The second-order valence-corrected chi connectivity index (χ2v) is 4.84. The summed E-state index contributed by atoms with van der Waals surface area (Å²) < 4.78 is 5.52. The summed E-state index contributed by atoms with van der Waals surface area (Å²) in [5.41, 5.74) is -0.117. The average molecular weight is 273 g/mol. The van der Waals surface area contributed by atoms with Gasteiger partial charge in [-0.25, -0.2) is 0 Å². The van der Waals surface area contributed by atoms with Gasteiger partial charge in [0.05, 0.1) is 15.5 Å². The van der Waals surface area contributed by atoms with Gasteiger partial charge in [-0.2, -0.15) is 0 Å². The second kappa shape index (κ2) is 6.02. The Kier molecular flexibility index (Phi) is 4.93. The van der Waals surface area contributed by atoms with Crippen LogP contribution in [0.15, 0.2) is 18.2 Å². The Morgan fingerprint density at radius 1 is 1.50 bits per heavy atom. The topological polar surface area (TPSA) is 64.4 Å². The molecule has 0 aliphatic heterocycles. The molecule has 0 bridgehead atoms. The molecule has 1 N–H and O–H groups in total. The molecule has 0 aromatic heterocycles. The molecule has 0 saturated heterocycles. The Balaban J connectivity index is 2.87. The summed E-state index contributed by atoms with van der Waals surface area (Å²) >= 11 is 5.97. The lowest BCUT2D eigenvalue weighted by Gasteiger charge is -2.25. The zero-order valence-corrected chi connectivity index (χ0v) is 11.5. The van der Waals surface area contributed by atoms with Crippen LogP contribution < -0.4 is 5.32 Å². The van der Waals surface area contributed by atoms with Crippen molar-refractivity contribution < 1.29 is 9.66 Å². The minimum absolute atomic E-state index is 0.0326. The predicted octanol–water partition coefficient (Wildman–Crippen LogP) is 3.48. The smallest absolute Gasteiger partial charge is 0.293 e. The normalized spacial score (nSPS) is 11.3. The van der Waals surface area contributed by atoms with E-state index in [4.69, 9.17) is 16.3 Å². The fraction of sp³-hybridized carbons (Fsp3) is 0.500. The number of anilines is 1. The third-order valence-electron chi connectivity index (χ3n) is 2.41. The fourth-order valence-electron chi connectivity index (χ4n) is 1.58. The van der Waals surface area contributed by atoms with Crippen LogP contribution in [0.1, 0.15) is 20.8 Å². The van der Waals surface area contributed by atoms with E-state index in [-0.39, 0.29) is 5.69 Å². The van der Waals surface area contributed by atoms with Gasteiger partial charge in [0.1, 0.15) is 5.69 Å². The lowest BCUT2D eigenvalue weighted by atomic mass is 10.1. The molecule has 18 heavy (non-hydrogen) atoms. The van der Waals surface area contributed by atoms with Crippen molar-refractivity contribution in [2.75, 3.05) is 18.5 Å². The third kappa shape index (κ3) is 3.85. The summed E-state index contributed by atoms with van der Waals surface area (Å²) in [5.74, 6) is 0. The molecule has 0 radical (unpaired) electrons. The first kappa shape index (κ1) is 14.7. The van der Waals surface area contributed by atoms with Crippen LogP contribution in [-0.2, 0) is 4.74 Å². The number of ether oxygens (including phenoxy) is 1. The Bertz CT molecular complexity index is 435. The fourth-order valence-corrected chi connectivity index (χ4v) is 1.82. The summed E-state index contributed by atoms with van der Waals surface area (Å²) in [7, 11) is 0. The highest BCUT2D eigenvalue weighted by Crippen LogP contribution is 2.32. The van der Waals surface area contributed by atoms with Crippen LogP contribution in [0.5, 0.6) is 0 Å². The molecule has 1 aromatic rings. The van der Waals surface area contributed by atoms with E-state index < -0.39 is 10.5 Å². The maximum absolute atomic E-state index is 10.9. The summed E-state index contributed by atoms with van der Waals surface area (Å²) in [5, 5.41) is 14.2. The largest absolute Gasteiger partial charge is 0.375 e. The molecular weight excluding hydrogens is 256 g/mol. The summed E-state index contributed by atoms with van der Waals surface area (Å²) in [6.07, 6.45) is 0. The molecule has 0 unspecified atom stereocenters. The van der Waals surface area contributed by atoms with Crippen LogP contribution in [0.2, 0.25) is 5.02 Å². The molecule has 0 amide bonds. The van der Waals surface area contributed by atoms with Crippen molar-refractivity contribution in [2.45, 2.75) is 26.4 Å². The van der Waals surface area contributed by atoms with Gasteiger partial charge in [0.25, 0.3) is 5.69 Å². The number of nitro groups is 1. The molecule has 0 saturated carbocycles. The number of rotatable bonds is 6. The highest BCUT2D eigenvalue weighted by Gasteiger charge is 2.21. The molecule has 5 nitrogen and oxygen atoms in total. The Hall–Kier alpha value is -1.33. The van der Waals surface area contributed by atoms with E-state index in [1.54, 1.807) is 12.1 Å². The predicted molar refractivity (Wildman–Crippen MR) is 72.3 cm³/mol. The highest BCUT2D eigenvalue weighted by molar-refractivity contribution is 6.33. The third-order valence-corrected chi connectivity index (χ3v) is 2.73. The van der Waals surface area contributed by atoms with E-state index in [9.17, 15) is 10.1 Å². The maximum atomic E-state index is 10.9. The lowest BCUT2D eigenvalue weighted by Crippen LogP contribution is -2.33. The van der Waals surface area contributed by atoms with Gasteiger partial charge in [0, 0.05) is 19.2 Å². The number of nitrogens with zero attached hydrogens (tertiary/aromatic N) is 1. The molecule has 0 heterocycles. The van der Waals surface area contributed by atoms with Crippen LogP contribution in [0.25, 0.3) is 0 Å². The van der Waals surface area contributed by atoms with Gasteiger partial charge in [0.2, 0.25) is 0 Å². The monoisotopic (exact) mass is 272 g/mol. The van der Waals surface area contributed by atoms with Crippen molar-refractivity contribution in [3.8, 4) is 0 Å². The van der Waals surface area contributed by atoms with E-state index in [1.807, 2.05) is 20.8 Å². The van der Waals surface area contributed by atoms with E-state index in [2.05, 4.69) is 5.32 Å². The van der Waals surface area contributed by atoms with Crippen molar-refractivity contribution in [2.24, 2.45) is 0 Å². The molecule has 0 aliphatic rings. The zero-order valence-electron chi connectivity index (χ0n) is 10.7. The molecule has 6 heteroatoms. The van der Waals surface area contributed by atoms with E-state index in [1.165, 1.54) is 6.07 Å². The lowest BCUT2D eigenvalue weighted by molar-refractivity contribution is -0.384. The van der Waals surface area contributed by atoms with Gasteiger partial charge in [-0.15, -0.1) is 0 Å². The van der Waals surface area contributed by atoms with Gasteiger partial charge >= 0.3 is 0 Å². The van der Waals surface area contributed by atoms with Gasteiger partial charge in [-0.1, -0.05) is 17.7 Å². The maximum Gasteiger partial charge on any atom is 0.293 e. The summed E-state index contributed by atoms with van der Waals surface area (Å²) in [4.78, 5) is 10.4. The molecule has 0 fully saturated rings. The molecule has 0 spiro atoms. The van der Waals surface area contributed by atoms with Crippen LogP contribution in [0.4, 0.5) is 11.4 Å². The molecule has 100 valence electrons. The van der Waals surface area contributed by atoms with Crippen molar-refractivity contribution in [3.63, 3.8) is 0 Å². The molecular formula is C12H17ClN2O3. The van der Waals surface area contributed by atoms with E-state index in [0.717, 1.165) is 0 Å². The summed E-state index contributed by atoms with van der Waals surface area (Å²) in [6.45, 7) is 6.74. The Labute approximate surface area is 111 Å². The van der Waals surface area contributed by atoms with Crippen LogP contribution in [-0.4, -0.2) is 23.7 Å². The first-order valence-corrected chi connectivity index (χ1v) is 6.06. The second-order valence-electron chi connectivity index (χ2n) is 4.44. The van der Waals surface area contributed by atoms with Crippen molar-refractivity contribution in [3.05, 3.63) is 33.3 Å². The van der Waals surface area contributed by atoms with Crippen LogP contribution in [0, 0.1) is 10.1 Å². The number of nitro benzene ring substituents is 1. The van der Waals surface area contributed by atoms with Crippen molar-refractivity contribution in [1.82, 2.24) is 0 Å². The molecule has 0 aliphatic carbocycles. The standard InChI is InChI=1S/C12H17ClN2O3/c1-4-18-12(2,3)8-14-11-9(13)6-5-7-10(11)15(16)17/h5-7,14H,4,8H2,1-3H3. The first-order valence-electron chi connectivity index (χ1n) is 5.68. The number of hydrogen-bond donors (Lipinski definition) is 1. The molecule has 1 aromatic carbocycles. The quantitative estimate of drug-likeness (QED) is 0.636. The number of benzene rings is 1. The Morgan fingerprint density at radius 3 is 2.72 bits per heavy atom. The summed E-state index contributed by atoms with van der Waals surface area (Å²) in [6, 6.07) is 4.59. The van der Waals surface area contributed by atoms with Crippen LogP contribution in [0.3, 0.4) is 0 Å². The number of para-hydroxylation sites is 1. The van der Waals surface area contributed by atoms with Gasteiger partial charge in [-0.3, -0.25) is 10.1 Å². The number of hydrogen-bond acceptors (Lipinski definition) is 4. The SMILES string of the molecule is CCOC(C)(C)CNc1c(Cl)cccc1[N+](=O)[O-]. The minimum atomic E-state index is -0.456. The zero-order chi connectivity index (χ0) is 13.8.